The Bertz CT molecular complexity index is 690. The lowest BCUT2D eigenvalue weighted by atomic mass is 10.2. The van der Waals surface area contributed by atoms with E-state index in [-0.39, 0.29) is 17.4 Å². The van der Waals surface area contributed by atoms with Gasteiger partial charge in [-0.3, -0.25) is 4.79 Å². The number of amides is 1. The zero-order chi connectivity index (χ0) is 15.9. The summed E-state index contributed by atoms with van der Waals surface area (Å²) < 4.78 is 18.0. The first kappa shape index (κ1) is 16.3. The lowest BCUT2D eigenvalue weighted by Crippen LogP contribution is -2.24. The fourth-order valence-electron chi connectivity index (χ4n) is 1.50. The van der Waals surface area contributed by atoms with Gasteiger partial charge < -0.3 is 4.74 Å². The van der Waals surface area contributed by atoms with Gasteiger partial charge in [0.25, 0.3) is 5.91 Å². The van der Waals surface area contributed by atoms with Crippen LogP contribution >= 0.6 is 23.2 Å². The molecule has 4 nitrogen and oxygen atoms in total. The summed E-state index contributed by atoms with van der Waals surface area (Å²) in [5, 5.41) is 4.32. The summed E-state index contributed by atoms with van der Waals surface area (Å²) in [6.07, 6.45) is 1.39. The zero-order valence-corrected chi connectivity index (χ0v) is 12.7. The molecule has 0 saturated carbocycles. The van der Waals surface area contributed by atoms with E-state index in [1.54, 1.807) is 18.2 Å². The summed E-state index contributed by atoms with van der Waals surface area (Å²) in [7, 11) is 0. The van der Waals surface area contributed by atoms with E-state index in [2.05, 4.69) is 10.5 Å². The molecule has 0 unspecified atom stereocenters. The summed E-state index contributed by atoms with van der Waals surface area (Å²) in [4.78, 5) is 11.6. The van der Waals surface area contributed by atoms with Crippen LogP contribution in [0, 0.1) is 5.82 Å². The van der Waals surface area contributed by atoms with Gasteiger partial charge in [-0.2, -0.15) is 5.10 Å². The Kier molecular flexibility index (Phi) is 5.75. The first-order chi connectivity index (χ1) is 10.6. The van der Waals surface area contributed by atoms with Gasteiger partial charge in [0.05, 0.1) is 11.2 Å². The molecule has 2 aromatic carbocycles. The van der Waals surface area contributed by atoms with Crippen molar-refractivity contribution in [3.63, 3.8) is 0 Å². The zero-order valence-electron chi connectivity index (χ0n) is 11.2. The molecule has 0 spiro atoms. The van der Waals surface area contributed by atoms with Gasteiger partial charge in [-0.15, -0.1) is 0 Å². The third kappa shape index (κ3) is 4.72. The highest BCUT2D eigenvalue weighted by Crippen LogP contribution is 2.31. The SMILES string of the molecule is O=C(COc1cccc(Cl)c1Cl)N/N=C/c1ccc(F)cc1. The smallest absolute Gasteiger partial charge is 0.277 e. The fourth-order valence-corrected chi connectivity index (χ4v) is 1.85. The van der Waals surface area contributed by atoms with Gasteiger partial charge in [0.15, 0.2) is 6.61 Å². The highest BCUT2D eigenvalue weighted by Gasteiger charge is 2.07. The van der Waals surface area contributed by atoms with E-state index in [4.69, 9.17) is 27.9 Å². The molecule has 0 saturated heterocycles. The third-order valence-electron chi connectivity index (χ3n) is 2.55. The summed E-state index contributed by atoms with van der Waals surface area (Å²) >= 11 is 11.8. The van der Waals surface area contributed by atoms with Crippen molar-refractivity contribution >= 4 is 35.3 Å². The van der Waals surface area contributed by atoms with Gasteiger partial charge in [0, 0.05) is 0 Å². The summed E-state index contributed by atoms with van der Waals surface area (Å²) in [5.74, 6) is -0.491. The Hall–Kier alpha value is -2.11. The van der Waals surface area contributed by atoms with Crippen LogP contribution in [0.4, 0.5) is 4.39 Å². The second-order valence-corrected chi connectivity index (χ2v) is 4.97. The number of nitrogens with one attached hydrogen (secondary N) is 1. The standard InChI is InChI=1S/C15H11Cl2FN2O2/c16-12-2-1-3-13(15(12)17)22-9-14(21)20-19-8-10-4-6-11(18)7-5-10/h1-8H,9H2,(H,20,21)/b19-8+. The first-order valence-corrected chi connectivity index (χ1v) is 6.96. The molecule has 0 fully saturated rings. The average molecular weight is 341 g/mol. The number of rotatable bonds is 5. The Balaban J connectivity index is 1.83. The van der Waals surface area contributed by atoms with Crippen LogP contribution in [0.1, 0.15) is 5.56 Å². The number of nitrogens with zero attached hydrogens (tertiary/aromatic N) is 1. The number of hydrogen-bond acceptors (Lipinski definition) is 3. The number of benzene rings is 2. The molecule has 1 N–H and O–H groups in total. The molecule has 2 aromatic rings. The van der Waals surface area contributed by atoms with Crippen molar-refractivity contribution in [2.75, 3.05) is 6.61 Å². The van der Waals surface area contributed by atoms with Crippen molar-refractivity contribution in [1.29, 1.82) is 0 Å². The average Bonchev–Trinajstić information content (AvgIpc) is 2.51. The van der Waals surface area contributed by atoms with Gasteiger partial charge in [-0.25, -0.2) is 9.82 Å². The third-order valence-corrected chi connectivity index (χ3v) is 3.35. The van der Waals surface area contributed by atoms with Gasteiger partial charge in [-0.05, 0) is 29.8 Å². The van der Waals surface area contributed by atoms with E-state index in [0.717, 1.165) is 0 Å². The van der Waals surface area contributed by atoms with Gasteiger partial charge in [-0.1, -0.05) is 41.4 Å². The first-order valence-electron chi connectivity index (χ1n) is 6.20. The number of halogens is 3. The van der Waals surface area contributed by atoms with Gasteiger partial charge in [0.1, 0.15) is 16.6 Å². The van der Waals surface area contributed by atoms with Crippen LogP contribution in [-0.2, 0) is 4.79 Å². The van der Waals surface area contributed by atoms with Crippen LogP contribution in [0.5, 0.6) is 5.75 Å². The monoisotopic (exact) mass is 340 g/mol. The fraction of sp³-hybridized carbons (Fsp3) is 0.0667. The van der Waals surface area contributed by atoms with Crippen LogP contribution in [0.25, 0.3) is 0 Å². The van der Waals surface area contributed by atoms with E-state index in [0.29, 0.717) is 16.3 Å². The Morgan fingerprint density at radius 2 is 1.95 bits per heavy atom. The molecule has 0 aliphatic rings. The Morgan fingerprint density at radius 3 is 2.68 bits per heavy atom. The molecular formula is C15H11Cl2FN2O2. The Labute approximate surface area is 136 Å². The van der Waals surface area contributed by atoms with Gasteiger partial charge >= 0.3 is 0 Å². The van der Waals surface area contributed by atoms with E-state index in [1.807, 2.05) is 0 Å². The van der Waals surface area contributed by atoms with Crippen molar-refractivity contribution in [2.45, 2.75) is 0 Å². The predicted molar refractivity (Wildman–Crippen MR) is 84.1 cm³/mol. The molecule has 0 bridgehead atoms. The topological polar surface area (TPSA) is 50.7 Å². The largest absolute Gasteiger partial charge is 0.482 e. The van der Waals surface area contributed by atoms with Crippen molar-refractivity contribution in [1.82, 2.24) is 5.43 Å². The van der Waals surface area contributed by atoms with Crippen molar-refractivity contribution in [3.05, 3.63) is 63.9 Å². The van der Waals surface area contributed by atoms with E-state index in [9.17, 15) is 9.18 Å². The molecule has 0 aliphatic heterocycles. The van der Waals surface area contributed by atoms with Crippen LogP contribution in [0.3, 0.4) is 0 Å². The van der Waals surface area contributed by atoms with Crippen molar-refractivity contribution in [2.24, 2.45) is 5.10 Å². The van der Waals surface area contributed by atoms with Crippen molar-refractivity contribution in [3.8, 4) is 5.75 Å². The van der Waals surface area contributed by atoms with E-state index in [1.165, 1.54) is 30.5 Å². The molecular weight excluding hydrogens is 330 g/mol. The van der Waals surface area contributed by atoms with E-state index < -0.39 is 5.91 Å². The Morgan fingerprint density at radius 1 is 1.23 bits per heavy atom. The van der Waals surface area contributed by atoms with E-state index >= 15 is 0 Å². The van der Waals surface area contributed by atoms with Gasteiger partial charge in [0.2, 0.25) is 0 Å². The summed E-state index contributed by atoms with van der Waals surface area (Å²) in [6.45, 7) is -0.263. The number of hydrogen-bond donors (Lipinski definition) is 1. The number of carbonyl (C=O) groups excluding carboxylic acids is 1. The molecule has 0 radical (unpaired) electrons. The lowest BCUT2D eigenvalue weighted by molar-refractivity contribution is -0.123. The molecule has 0 heterocycles. The minimum atomic E-state index is -0.464. The molecule has 0 atom stereocenters. The molecule has 2 rings (SSSR count). The second kappa shape index (κ2) is 7.77. The van der Waals surface area contributed by atoms with Crippen LogP contribution in [0.2, 0.25) is 10.0 Å². The van der Waals surface area contributed by atoms with Crippen LogP contribution < -0.4 is 10.2 Å². The second-order valence-electron chi connectivity index (χ2n) is 4.19. The number of carbonyl (C=O) groups is 1. The summed E-state index contributed by atoms with van der Waals surface area (Å²) in [5.41, 5.74) is 2.94. The molecule has 7 heteroatoms. The maximum atomic E-state index is 12.7. The molecule has 114 valence electrons. The quantitative estimate of drug-likeness (QED) is 0.667. The molecule has 0 aromatic heterocycles. The maximum Gasteiger partial charge on any atom is 0.277 e. The minimum Gasteiger partial charge on any atom is -0.482 e. The van der Waals surface area contributed by atoms with Crippen LogP contribution in [-0.4, -0.2) is 18.7 Å². The van der Waals surface area contributed by atoms with Crippen LogP contribution in [0.15, 0.2) is 47.6 Å². The molecule has 1 amide bonds. The molecule has 22 heavy (non-hydrogen) atoms. The normalized spacial score (nSPS) is 10.7. The maximum absolute atomic E-state index is 12.7. The minimum absolute atomic E-state index is 0.242. The summed E-state index contributed by atoms with van der Waals surface area (Å²) in [6, 6.07) is 10.5. The number of hydrazone groups is 1. The predicted octanol–water partition coefficient (Wildman–Crippen LogP) is 3.66. The number of ether oxygens (including phenoxy) is 1. The highest BCUT2D eigenvalue weighted by molar-refractivity contribution is 6.42. The lowest BCUT2D eigenvalue weighted by Gasteiger charge is -2.07. The molecule has 0 aliphatic carbocycles. The highest BCUT2D eigenvalue weighted by atomic mass is 35.5. The van der Waals surface area contributed by atoms with Crippen molar-refractivity contribution < 1.29 is 13.9 Å².